The molecule has 0 radical (unpaired) electrons. The molecule has 1 unspecified atom stereocenters. The minimum Gasteiger partial charge on any atom is -0.494 e. The minimum absolute atomic E-state index is 0.204. The maximum Gasteiger partial charge on any atom is 0.295 e. The second kappa shape index (κ2) is 8.73. The summed E-state index contributed by atoms with van der Waals surface area (Å²) in [5, 5.41) is 9.30. The van der Waals surface area contributed by atoms with Gasteiger partial charge in [0.1, 0.15) is 24.1 Å². The lowest BCUT2D eigenvalue weighted by molar-refractivity contribution is -0.128. The topological polar surface area (TPSA) is 134 Å². The molecule has 0 saturated carbocycles. The fourth-order valence-electron chi connectivity index (χ4n) is 4.86. The number of amidine groups is 1. The maximum absolute atomic E-state index is 13.5. The fourth-order valence-corrected chi connectivity index (χ4v) is 4.86. The largest absolute Gasteiger partial charge is 0.494 e. The normalized spacial score (nSPS) is 16.9. The highest BCUT2D eigenvalue weighted by molar-refractivity contribution is 6.45. The number of rotatable bonds is 5. The van der Waals surface area contributed by atoms with Gasteiger partial charge in [-0.2, -0.15) is 10.2 Å². The van der Waals surface area contributed by atoms with Crippen molar-refractivity contribution in [2.75, 3.05) is 26.7 Å². The summed E-state index contributed by atoms with van der Waals surface area (Å²) in [6.07, 6.45) is 4.36. The molecule has 3 aromatic heterocycles. The van der Waals surface area contributed by atoms with Gasteiger partial charge in [0.05, 0.1) is 36.3 Å². The first-order valence-electron chi connectivity index (χ1n) is 11.9. The highest BCUT2D eigenvalue weighted by Gasteiger charge is 2.38. The van der Waals surface area contributed by atoms with Gasteiger partial charge in [0.25, 0.3) is 11.7 Å². The average Bonchev–Trinajstić information content (AvgIpc) is 3.65. The summed E-state index contributed by atoms with van der Waals surface area (Å²) in [6.45, 7) is 5.09. The molecule has 6 rings (SSSR count). The van der Waals surface area contributed by atoms with Crippen molar-refractivity contribution in [3.05, 3.63) is 65.5 Å². The van der Waals surface area contributed by atoms with Gasteiger partial charge in [-0.25, -0.2) is 14.6 Å². The van der Waals surface area contributed by atoms with Gasteiger partial charge in [-0.15, -0.1) is 0 Å². The van der Waals surface area contributed by atoms with E-state index in [1.807, 2.05) is 25.1 Å². The predicted octanol–water partition coefficient (Wildman–Crippen LogP) is 1.39. The van der Waals surface area contributed by atoms with Crippen molar-refractivity contribution < 1.29 is 14.3 Å². The molecule has 0 bridgehead atoms. The lowest BCUT2D eigenvalue weighted by atomic mass is 10.1. The molecule has 1 saturated heterocycles. The van der Waals surface area contributed by atoms with Gasteiger partial charge in [-0.05, 0) is 19.9 Å². The number of hydrogen-bond acceptors (Lipinski definition) is 9. The highest BCUT2D eigenvalue weighted by Crippen LogP contribution is 2.32. The molecule has 1 amide bonds. The zero-order valence-corrected chi connectivity index (χ0v) is 20.6. The Kier molecular flexibility index (Phi) is 5.36. The SMILES string of the molecule is COc1cnc(-n2cnc(C)n2)c2[nH]cc(C(=O)C(=O)N3CCN4C(c5cccc(C)c5)=NNC4C3)c12. The number of aryl methyl sites for hydroxylation is 2. The molecule has 4 aromatic rings. The van der Waals surface area contributed by atoms with Gasteiger partial charge in [0, 0.05) is 24.8 Å². The monoisotopic (exact) mass is 499 g/mol. The van der Waals surface area contributed by atoms with E-state index in [0.717, 1.165) is 17.0 Å². The van der Waals surface area contributed by atoms with Crippen LogP contribution in [0.2, 0.25) is 0 Å². The van der Waals surface area contributed by atoms with Crippen molar-refractivity contribution in [3.63, 3.8) is 0 Å². The number of Topliss-reactive ketones (excluding diaryl/α,β-unsaturated/α-hetero) is 1. The summed E-state index contributed by atoms with van der Waals surface area (Å²) >= 11 is 0. The molecule has 37 heavy (non-hydrogen) atoms. The van der Waals surface area contributed by atoms with Gasteiger partial charge in [-0.3, -0.25) is 15.0 Å². The first-order valence-corrected chi connectivity index (χ1v) is 11.9. The molecule has 2 N–H and O–H groups in total. The smallest absolute Gasteiger partial charge is 0.295 e. The van der Waals surface area contributed by atoms with E-state index in [9.17, 15) is 9.59 Å². The second-order valence-corrected chi connectivity index (χ2v) is 9.06. The number of pyridine rings is 1. The number of carbonyl (C=O) groups is 2. The number of carbonyl (C=O) groups excluding carboxylic acids is 2. The molecule has 1 atom stereocenters. The first-order chi connectivity index (χ1) is 17.9. The molecular weight excluding hydrogens is 474 g/mol. The number of ether oxygens (including phenoxy) is 1. The predicted molar refractivity (Wildman–Crippen MR) is 135 cm³/mol. The molecule has 2 aliphatic rings. The Morgan fingerprint density at radius 2 is 2.03 bits per heavy atom. The van der Waals surface area contributed by atoms with Crippen LogP contribution in [0.3, 0.4) is 0 Å². The number of aromatic nitrogens is 5. The van der Waals surface area contributed by atoms with E-state index in [1.54, 1.807) is 11.8 Å². The highest BCUT2D eigenvalue weighted by atomic mass is 16.5. The van der Waals surface area contributed by atoms with Crippen LogP contribution in [-0.2, 0) is 4.79 Å². The Morgan fingerprint density at radius 1 is 1.16 bits per heavy atom. The summed E-state index contributed by atoms with van der Waals surface area (Å²) in [5.41, 5.74) is 6.03. The third kappa shape index (κ3) is 3.77. The summed E-state index contributed by atoms with van der Waals surface area (Å²) in [7, 11) is 1.50. The molecule has 1 aromatic carbocycles. The van der Waals surface area contributed by atoms with Crippen LogP contribution in [0.1, 0.15) is 27.3 Å². The Labute approximate surface area is 211 Å². The van der Waals surface area contributed by atoms with Gasteiger partial charge < -0.3 is 19.5 Å². The summed E-state index contributed by atoms with van der Waals surface area (Å²) in [6, 6.07) is 8.14. The summed E-state index contributed by atoms with van der Waals surface area (Å²) in [5.74, 6) is 1.06. The number of fused-ring (bicyclic) bond motifs is 2. The molecule has 0 spiro atoms. The quantitative estimate of drug-likeness (QED) is 0.311. The first kappa shape index (κ1) is 22.7. The van der Waals surface area contributed by atoms with Crippen molar-refractivity contribution in [2.45, 2.75) is 20.0 Å². The van der Waals surface area contributed by atoms with E-state index in [4.69, 9.17) is 4.74 Å². The van der Waals surface area contributed by atoms with Crippen LogP contribution in [0.5, 0.6) is 5.75 Å². The standard InChI is InChI=1S/C25H25N9O3/c1-14-5-4-6-16(9-14)23-30-29-19-12-32(7-8-33(19)23)25(36)22(35)17-10-26-21-20(17)18(37-3)11-27-24(21)34-13-28-15(2)31-34/h4-6,9-11,13,19,26,29H,7-8,12H2,1-3H3. The third-order valence-electron chi connectivity index (χ3n) is 6.67. The van der Waals surface area contributed by atoms with Crippen LogP contribution in [0, 0.1) is 13.8 Å². The Hall–Kier alpha value is -4.74. The van der Waals surface area contributed by atoms with E-state index in [-0.39, 0.29) is 11.7 Å². The van der Waals surface area contributed by atoms with Crippen LogP contribution in [0.25, 0.3) is 16.7 Å². The molecule has 2 aliphatic heterocycles. The average molecular weight is 500 g/mol. The third-order valence-corrected chi connectivity index (χ3v) is 6.67. The number of benzene rings is 1. The molecule has 12 heteroatoms. The maximum atomic E-state index is 13.5. The minimum atomic E-state index is -0.622. The van der Waals surface area contributed by atoms with E-state index < -0.39 is 11.7 Å². The Morgan fingerprint density at radius 3 is 2.78 bits per heavy atom. The molecule has 12 nitrogen and oxygen atoms in total. The van der Waals surface area contributed by atoms with Crippen molar-refractivity contribution in [3.8, 4) is 11.6 Å². The van der Waals surface area contributed by atoms with Crippen molar-refractivity contribution in [1.29, 1.82) is 0 Å². The summed E-state index contributed by atoms with van der Waals surface area (Å²) in [4.78, 5) is 42.2. The number of piperazine rings is 1. The van der Waals surface area contributed by atoms with Crippen molar-refractivity contribution >= 4 is 28.4 Å². The molecule has 1 fully saturated rings. The van der Waals surface area contributed by atoms with Crippen LogP contribution in [-0.4, -0.2) is 85.0 Å². The number of nitrogens with one attached hydrogen (secondary N) is 2. The zero-order chi connectivity index (χ0) is 25.7. The number of hydrazone groups is 1. The van der Waals surface area contributed by atoms with Gasteiger partial charge >= 0.3 is 0 Å². The lowest BCUT2D eigenvalue weighted by Crippen LogP contribution is -2.58. The van der Waals surface area contributed by atoms with Crippen molar-refractivity contribution in [2.24, 2.45) is 5.10 Å². The molecule has 0 aliphatic carbocycles. The van der Waals surface area contributed by atoms with E-state index in [0.29, 0.717) is 47.9 Å². The van der Waals surface area contributed by atoms with Gasteiger partial charge in [-0.1, -0.05) is 23.8 Å². The number of aromatic amines is 1. The number of methoxy groups -OCH3 is 1. The van der Waals surface area contributed by atoms with Gasteiger partial charge in [0.2, 0.25) is 0 Å². The second-order valence-electron chi connectivity index (χ2n) is 9.06. The van der Waals surface area contributed by atoms with Gasteiger partial charge in [0.15, 0.2) is 11.7 Å². The van der Waals surface area contributed by atoms with E-state index >= 15 is 0 Å². The Balaban J connectivity index is 1.25. The summed E-state index contributed by atoms with van der Waals surface area (Å²) < 4.78 is 6.99. The number of nitrogens with zero attached hydrogens (tertiary/aromatic N) is 7. The molecule has 188 valence electrons. The fraction of sp³-hybridized carbons (Fsp3) is 0.280. The van der Waals surface area contributed by atoms with E-state index in [1.165, 1.54) is 30.5 Å². The van der Waals surface area contributed by atoms with Crippen LogP contribution in [0.4, 0.5) is 0 Å². The van der Waals surface area contributed by atoms with Crippen LogP contribution < -0.4 is 10.2 Å². The number of H-pyrrole nitrogens is 1. The Bertz CT molecular complexity index is 1570. The number of hydrogen-bond donors (Lipinski definition) is 2. The number of amides is 1. The van der Waals surface area contributed by atoms with Crippen LogP contribution in [0.15, 0.2) is 48.1 Å². The van der Waals surface area contributed by atoms with E-state index in [2.05, 4.69) is 41.5 Å². The van der Waals surface area contributed by atoms with Crippen molar-refractivity contribution in [1.82, 2.24) is 40.0 Å². The zero-order valence-electron chi connectivity index (χ0n) is 20.6. The molecular formula is C25H25N9O3. The lowest BCUT2D eigenvalue weighted by Gasteiger charge is -2.38. The van der Waals surface area contributed by atoms with Crippen LogP contribution >= 0.6 is 0 Å². The molecule has 5 heterocycles. The number of ketones is 1.